The minimum Gasteiger partial charge on any atom is -0.395 e. The van der Waals surface area contributed by atoms with E-state index in [1.165, 1.54) is 4.31 Å². The molecule has 1 saturated heterocycles. The lowest BCUT2D eigenvalue weighted by Gasteiger charge is -2.21. The first kappa shape index (κ1) is 12.9. The number of aliphatic hydroxyl groups excluding tert-OH is 1. The second-order valence-corrected chi connectivity index (χ2v) is 5.80. The third-order valence-electron chi connectivity index (χ3n) is 2.67. The number of nitrogens with one attached hydrogen (secondary N) is 1. The second-order valence-electron chi connectivity index (χ2n) is 3.79. The lowest BCUT2D eigenvalue weighted by Crippen LogP contribution is -2.40. The maximum Gasteiger partial charge on any atom is 0.215 e. The molecule has 1 aliphatic rings. The molecule has 0 aromatic carbocycles. The molecule has 0 aromatic heterocycles. The molecule has 1 heterocycles. The van der Waals surface area contributed by atoms with Crippen LogP contribution in [-0.2, 0) is 10.0 Å². The van der Waals surface area contributed by atoms with Crippen LogP contribution >= 0.6 is 0 Å². The molecular weight excluding hydrogens is 216 g/mol. The standard InChI is InChI=1S/C9H20N2O3S/c1-2-11(6-7-12)15(13,14)8-9-4-3-5-10-9/h9-10,12H,2-8H2,1H3. The summed E-state index contributed by atoms with van der Waals surface area (Å²) in [5, 5.41) is 11.9. The van der Waals surface area contributed by atoms with Crippen molar-refractivity contribution in [3.63, 3.8) is 0 Å². The molecule has 0 bridgehead atoms. The zero-order valence-electron chi connectivity index (χ0n) is 9.15. The molecular formula is C9H20N2O3S. The molecule has 6 heteroatoms. The number of nitrogens with zero attached hydrogens (tertiary/aromatic N) is 1. The van der Waals surface area contributed by atoms with Crippen LogP contribution in [0.2, 0.25) is 0 Å². The first-order chi connectivity index (χ1) is 7.10. The third kappa shape index (κ3) is 3.71. The monoisotopic (exact) mass is 236 g/mol. The molecule has 2 N–H and O–H groups in total. The number of hydrogen-bond acceptors (Lipinski definition) is 4. The summed E-state index contributed by atoms with van der Waals surface area (Å²) in [6.45, 7) is 3.20. The molecule has 1 aliphatic heterocycles. The summed E-state index contributed by atoms with van der Waals surface area (Å²) in [5.41, 5.74) is 0. The van der Waals surface area contributed by atoms with Crippen molar-refractivity contribution in [1.29, 1.82) is 0 Å². The number of aliphatic hydroxyl groups is 1. The van der Waals surface area contributed by atoms with Crippen molar-refractivity contribution in [3.05, 3.63) is 0 Å². The highest BCUT2D eigenvalue weighted by Gasteiger charge is 2.26. The number of sulfonamides is 1. The lowest BCUT2D eigenvalue weighted by atomic mass is 10.3. The van der Waals surface area contributed by atoms with Crippen LogP contribution in [0.1, 0.15) is 19.8 Å². The molecule has 0 aromatic rings. The van der Waals surface area contributed by atoms with E-state index in [2.05, 4.69) is 5.32 Å². The molecule has 0 aliphatic carbocycles. The first-order valence-electron chi connectivity index (χ1n) is 5.42. The van der Waals surface area contributed by atoms with Crippen molar-refractivity contribution in [2.75, 3.05) is 32.0 Å². The SMILES string of the molecule is CCN(CCO)S(=O)(=O)CC1CCCN1. The molecule has 1 rings (SSSR count). The van der Waals surface area contributed by atoms with Gasteiger partial charge in [0.2, 0.25) is 10.0 Å². The Morgan fingerprint density at radius 1 is 1.53 bits per heavy atom. The van der Waals surface area contributed by atoms with Gasteiger partial charge in [-0.2, -0.15) is 4.31 Å². The third-order valence-corrected chi connectivity index (χ3v) is 4.72. The van der Waals surface area contributed by atoms with Gasteiger partial charge in [0.05, 0.1) is 12.4 Å². The molecule has 0 amide bonds. The van der Waals surface area contributed by atoms with Crippen LogP contribution in [0, 0.1) is 0 Å². The lowest BCUT2D eigenvalue weighted by molar-refractivity contribution is 0.256. The summed E-state index contributed by atoms with van der Waals surface area (Å²) in [6, 6.07) is 0.0859. The van der Waals surface area contributed by atoms with Gasteiger partial charge in [-0.1, -0.05) is 6.92 Å². The van der Waals surface area contributed by atoms with Gasteiger partial charge in [0.15, 0.2) is 0 Å². The highest BCUT2D eigenvalue weighted by molar-refractivity contribution is 7.89. The van der Waals surface area contributed by atoms with E-state index >= 15 is 0 Å². The van der Waals surface area contributed by atoms with Crippen LogP contribution < -0.4 is 5.32 Å². The zero-order chi connectivity index (χ0) is 11.3. The fourth-order valence-electron chi connectivity index (χ4n) is 1.86. The van der Waals surface area contributed by atoms with Gasteiger partial charge in [0.1, 0.15) is 0 Å². The van der Waals surface area contributed by atoms with Crippen LogP contribution in [0.25, 0.3) is 0 Å². The van der Waals surface area contributed by atoms with Crippen molar-refractivity contribution in [2.24, 2.45) is 0 Å². The van der Waals surface area contributed by atoms with Crippen LogP contribution in [0.5, 0.6) is 0 Å². The van der Waals surface area contributed by atoms with E-state index in [1.54, 1.807) is 6.92 Å². The molecule has 5 nitrogen and oxygen atoms in total. The molecule has 0 saturated carbocycles. The van der Waals surface area contributed by atoms with Crippen molar-refractivity contribution in [2.45, 2.75) is 25.8 Å². The zero-order valence-corrected chi connectivity index (χ0v) is 9.96. The normalized spacial score (nSPS) is 22.5. The predicted octanol–water partition coefficient (Wildman–Crippen LogP) is -0.618. The van der Waals surface area contributed by atoms with E-state index in [1.807, 2.05) is 0 Å². The Morgan fingerprint density at radius 2 is 2.27 bits per heavy atom. The van der Waals surface area contributed by atoms with Crippen molar-refractivity contribution in [3.8, 4) is 0 Å². The van der Waals surface area contributed by atoms with Crippen molar-refractivity contribution >= 4 is 10.0 Å². The van der Waals surface area contributed by atoms with Gasteiger partial charge in [0.25, 0.3) is 0 Å². The maximum atomic E-state index is 11.9. The molecule has 0 radical (unpaired) electrons. The van der Waals surface area contributed by atoms with E-state index < -0.39 is 10.0 Å². The first-order valence-corrected chi connectivity index (χ1v) is 7.03. The van der Waals surface area contributed by atoms with Crippen LogP contribution in [0.4, 0.5) is 0 Å². The van der Waals surface area contributed by atoms with Gasteiger partial charge in [-0.25, -0.2) is 8.42 Å². The fraction of sp³-hybridized carbons (Fsp3) is 1.00. The Bertz CT molecular complexity index is 273. The maximum absolute atomic E-state index is 11.9. The Morgan fingerprint density at radius 3 is 2.73 bits per heavy atom. The van der Waals surface area contributed by atoms with Crippen LogP contribution in [-0.4, -0.2) is 55.9 Å². The van der Waals surface area contributed by atoms with Crippen LogP contribution in [0.3, 0.4) is 0 Å². The highest BCUT2D eigenvalue weighted by Crippen LogP contribution is 2.10. The number of rotatable bonds is 6. The van der Waals surface area contributed by atoms with Crippen molar-refractivity contribution < 1.29 is 13.5 Å². The van der Waals surface area contributed by atoms with Gasteiger partial charge < -0.3 is 10.4 Å². The molecule has 1 fully saturated rings. The number of likely N-dealkylation sites (N-methyl/N-ethyl adjacent to an activating group) is 1. The summed E-state index contributed by atoms with van der Waals surface area (Å²) in [7, 11) is -3.21. The highest BCUT2D eigenvalue weighted by atomic mass is 32.2. The Kier molecular flexibility index (Phi) is 4.98. The van der Waals surface area contributed by atoms with Gasteiger partial charge in [-0.05, 0) is 19.4 Å². The van der Waals surface area contributed by atoms with Gasteiger partial charge >= 0.3 is 0 Å². The summed E-state index contributed by atoms with van der Waals surface area (Å²) in [4.78, 5) is 0. The average Bonchev–Trinajstić information content (AvgIpc) is 2.65. The molecule has 90 valence electrons. The topological polar surface area (TPSA) is 69.6 Å². The Hall–Kier alpha value is -0.170. The summed E-state index contributed by atoms with van der Waals surface area (Å²) >= 11 is 0. The Labute approximate surface area is 91.5 Å². The number of hydrogen-bond donors (Lipinski definition) is 2. The summed E-state index contributed by atoms with van der Waals surface area (Å²) in [5.74, 6) is 0.154. The van der Waals surface area contributed by atoms with Gasteiger partial charge in [0, 0.05) is 19.1 Å². The van der Waals surface area contributed by atoms with E-state index in [-0.39, 0.29) is 24.9 Å². The molecule has 1 unspecified atom stereocenters. The smallest absolute Gasteiger partial charge is 0.215 e. The van der Waals surface area contributed by atoms with E-state index in [9.17, 15) is 8.42 Å². The summed E-state index contributed by atoms with van der Waals surface area (Å²) < 4.78 is 25.1. The quantitative estimate of drug-likeness (QED) is 0.645. The van der Waals surface area contributed by atoms with Gasteiger partial charge in [-0.15, -0.1) is 0 Å². The predicted molar refractivity (Wildman–Crippen MR) is 59.1 cm³/mol. The van der Waals surface area contributed by atoms with E-state index in [4.69, 9.17) is 5.11 Å². The average molecular weight is 236 g/mol. The summed E-state index contributed by atoms with van der Waals surface area (Å²) in [6.07, 6.45) is 1.97. The van der Waals surface area contributed by atoms with E-state index in [0.717, 1.165) is 19.4 Å². The Balaban J connectivity index is 2.55. The van der Waals surface area contributed by atoms with Crippen molar-refractivity contribution in [1.82, 2.24) is 9.62 Å². The minimum absolute atomic E-state index is 0.0859. The molecule has 1 atom stereocenters. The van der Waals surface area contributed by atoms with E-state index in [0.29, 0.717) is 6.54 Å². The second kappa shape index (κ2) is 5.79. The minimum atomic E-state index is -3.21. The molecule has 0 spiro atoms. The van der Waals surface area contributed by atoms with Crippen LogP contribution in [0.15, 0.2) is 0 Å². The largest absolute Gasteiger partial charge is 0.395 e. The molecule has 15 heavy (non-hydrogen) atoms. The fourth-order valence-corrected chi connectivity index (χ4v) is 3.62. The van der Waals surface area contributed by atoms with Gasteiger partial charge in [-0.3, -0.25) is 0 Å².